The Bertz CT molecular complexity index is 656. The highest BCUT2D eigenvalue weighted by molar-refractivity contribution is 5.89. The summed E-state index contributed by atoms with van der Waals surface area (Å²) in [6.07, 6.45) is 4.79. The van der Waals surface area contributed by atoms with Crippen molar-refractivity contribution in [2.75, 3.05) is 20.1 Å². The van der Waals surface area contributed by atoms with Gasteiger partial charge >= 0.3 is 0 Å². The highest BCUT2D eigenvalue weighted by atomic mass is 16.5. The Morgan fingerprint density at radius 3 is 3.00 bits per heavy atom. The summed E-state index contributed by atoms with van der Waals surface area (Å²) in [5, 5.41) is 6.22. The SMILES string of the molecule is CNC(=O)c1noc(CN2CCC[C@@H](CCc3ccccc3)C2)n1. The number of piperidine rings is 1. The lowest BCUT2D eigenvalue weighted by Gasteiger charge is -2.31. The molecule has 1 aromatic carbocycles. The number of carbonyl (C=O) groups excluding carboxylic acids is 1. The fourth-order valence-corrected chi connectivity index (χ4v) is 3.26. The van der Waals surface area contributed by atoms with Crippen LogP contribution in [0.3, 0.4) is 0 Å². The summed E-state index contributed by atoms with van der Waals surface area (Å²) >= 11 is 0. The summed E-state index contributed by atoms with van der Waals surface area (Å²) in [4.78, 5) is 18.0. The molecule has 1 amide bonds. The van der Waals surface area contributed by atoms with Crippen LogP contribution in [0.4, 0.5) is 0 Å². The Kier molecular flexibility index (Phi) is 5.59. The molecule has 6 nitrogen and oxygen atoms in total. The first-order valence-electron chi connectivity index (χ1n) is 8.55. The molecule has 1 aromatic heterocycles. The van der Waals surface area contributed by atoms with E-state index in [9.17, 15) is 4.79 Å². The van der Waals surface area contributed by atoms with Crippen molar-refractivity contribution in [3.8, 4) is 0 Å². The van der Waals surface area contributed by atoms with Gasteiger partial charge in [-0.2, -0.15) is 4.98 Å². The molecular weight excluding hydrogens is 304 g/mol. The summed E-state index contributed by atoms with van der Waals surface area (Å²) in [6, 6.07) is 10.6. The molecule has 1 atom stereocenters. The molecule has 2 heterocycles. The highest BCUT2D eigenvalue weighted by Crippen LogP contribution is 2.22. The van der Waals surface area contributed by atoms with Crippen LogP contribution in [0.2, 0.25) is 0 Å². The quantitative estimate of drug-likeness (QED) is 0.881. The minimum Gasteiger partial charge on any atom is -0.352 e. The van der Waals surface area contributed by atoms with Crippen LogP contribution in [0.1, 0.15) is 41.3 Å². The molecule has 3 rings (SSSR count). The highest BCUT2D eigenvalue weighted by Gasteiger charge is 2.22. The third kappa shape index (κ3) is 4.41. The van der Waals surface area contributed by atoms with Gasteiger partial charge in [0.05, 0.1) is 6.54 Å². The Morgan fingerprint density at radius 1 is 1.38 bits per heavy atom. The maximum absolute atomic E-state index is 11.5. The Labute approximate surface area is 142 Å². The molecule has 1 fully saturated rings. The number of carbonyl (C=O) groups is 1. The molecule has 0 spiro atoms. The van der Waals surface area contributed by atoms with Gasteiger partial charge in [-0.25, -0.2) is 0 Å². The van der Waals surface area contributed by atoms with Gasteiger partial charge in [-0.05, 0) is 43.7 Å². The average molecular weight is 328 g/mol. The molecular formula is C18H24N4O2. The first-order chi connectivity index (χ1) is 11.7. The van der Waals surface area contributed by atoms with E-state index in [-0.39, 0.29) is 11.7 Å². The zero-order chi connectivity index (χ0) is 16.8. The first-order valence-corrected chi connectivity index (χ1v) is 8.55. The van der Waals surface area contributed by atoms with E-state index >= 15 is 0 Å². The van der Waals surface area contributed by atoms with Crippen LogP contribution in [0.5, 0.6) is 0 Å². The molecule has 1 aliphatic heterocycles. The number of benzene rings is 1. The molecule has 0 saturated carbocycles. The number of amides is 1. The van der Waals surface area contributed by atoms with E-state index in [4.69, 9.17) is 4.52 Å². The van der Waals surface area contributed by atoms with E-state index in [0.717, 1.165) is 19.5 Å². The number of nitrogens with zero attached hydrogens (tertiary/aromatic N) is 3. The lowest BCUT2D eigenvalue weighted by molar-refractivity contribution is 0.0950. The molecule has 0 aliphatic carbocycles. The van der Waals surface area contributed by atoms with E-state index in [1.54, 1.807) is 7.05 Å². The lowest BCUT2D eigenvalue weighted by atomic mass is 9.91. The maximum atomic E-state index is 11.5. The largest absolute Gasteiger partial charge is 0.352 e. The summed E-state index contributed by atoms with van der Waals surface area (Å²) in [7, 11) is 1.56. The van der Waals surface area contributed by atoms with Gasteiger partial charge in [0.25, 0.3) is 11.7 Å². The minimum absolute atomic E-state index is 0.102. The second kappa shape index (κ2) is 8.06. The predicted octanol–water partition coefficient (Wildman–Crippen LogP) is 2.27. The second-order valence-corrected chi connectivity index (χ2v) is 6.36. The van der Waals surface area contributed by atoms with Gasteiger partial charge < -0.3 is 9.84 Å². The van der Waals surface area contributed by atoms with Crippen molar-refractivity contribution in [1.82, 2.24) is 20.4 Å². The van der Waals surface area contributed by atoms with E-state index in [0.29, 0.717) is 18.4 Å². The molecule has 1 N–H and O–H groups in total. The summed E-state index contributed by atoms with van der Waals surface area (Å²) in [6.45, 7) is 2.70. The van der Waals surface area contributed by atoms with E-state index in [2.05, 4.69) is 50.7 Å². The number of aromatic nitrogens is 2. The predicted molar refractivity (Wildman–Crippen MR) is 90.5 cm³/mol. The normalized spacial score (nSPS) is 18.5. The molecule has 2 aromatic rings. The molecule has 24 heavy (non-hydrogen) atoms. The molecule has 1 aliphatic rings. The van der Waals surface area contributed by atoms with Gasteiger partial charge in [-0.3, -0.25) is 9.69 Å². The van der Waals surface area contributed by atoms with Gasteiger partial charge in [0, 0.05) is 13.6 Å². The van der Waals surface area contributed by atoms with Crippen LogP contribution in [0, 0.1) is 5.92 Å². The summed E-state index contributed by atoms with van der Waals surface area (Å²) in [5.41, 5.74) is 1.40. The molecule has 0 unspecified atom stereocenters. The van der Waals surface area contributed by atoms with Gasteiger partial charge in [-0.1, -0.05) is 35.5 Å². The summed E-state index contributed by atoms with van der Waals surface area (Å²) < 4.78 is 5.19. The van der Waals surface area contributed by atoms with Crippen molar-refractivity contribution in [3.63, 3.8) is 0 Å². The number of hydrogen-bond acceptors (Lipinski definition) is 5. The van der Waals surface area contributed by atoms with Crippen molar-refractivity contribution in [3.05, 3.63) is 47.6 Å². The van der Waals surface area contributed by atoms with Gasteiger partial charge in [0.15, 0.2) is 0 Å². The van der Waals surface area contributed by atoms with Crippen LogP contribution in [0.25, 0.3) is 0 Å². The van der Waals surface area contributed by atoms with Crippen molar-refractivity contribution in [2.45, 2.75) is 32.2 Å². The number of nitrogens with one attached hydrogen (secondary N) is 1. The fourth-order valence-electron chi connectivity index (χ4n) is 3.26. The third-order valence-corrected chi connectivity index (χ3v) is 4.54. The van der Waals surface area contributed by atoms with Gasteiger partial charge in [-0.15, -0.1) is 0 Å². The van der Waals surface area contributed by atoms with Crippen LogP contribution >= 0.6 is 0 Å². The minimum atomic E-state index is -0.315. The van der Waals surface area contributed by atoms with Gasteiger partial charge in [0.1, 0.15) is 0 Å². The van der Waals surface area contributed by atoms with Crippen LogP contribution in [-0.2, 0) is 13.0 Å². The van der Waals surface area contributed by atoms with Crippen LogP contribution < -0.4 is 5.32 Å². The Hall–Kier alpha value is -2.21. The molecule has 0 bridgehead atoms. The monoisotopic (exact) mass is 328 g/mol. The van der Waals surface area contributed by atoms with E-state index in [1.807, 2.05) is 0 Å². The Balaban J connectivity index is 1.50. The van der Waals surface area contributed by atoms with Gasteiger partial charge in [0.2, 0.25) is 5.89 Å². The van der Waals surface area contributed by atoms with Crippen molar-refractivity contribution >= 4 is 5.91 Å². The molecule has 128 valence electrons. The fraction of sp³-hybridized carbons (Fsp3) is 0.500. The van der Waals surface area contributed by atoms with E-state index in [1.165, 1.54) is 24.8 Å². The zero-order valence-electron chi connectivity index (χ0n) is 14.1. The Morgan fingerprint density at radius 2 is 2.21 bits per heavy atom. The van der Waals surface area contributed by atoms with Crippen molar-refractivity contribution in [1.29, 1.82) is 0 Å². The number of rotatable bonds is 6. The van der Waals surface area contributed by atoms with E-state index < -0.39 is 0 Å². The number of hydrogen-bond donors (Lipinski definition) is 1. The smallest absolute Gasteiger partial charge is 0.292 e. The maximum Gasteiger partial charge on any atom is 0.292 e. The molecule has 6 heteroatoms. The second-order valence-electron chi connectivity index (χ2n) is 6.36. The van der Waals surface area contributed by atoms with Crippen molar-refractivity contribution in [2.24, 2.45) is 5.92 Å². The standard InChI is InChI=1S/C18H24N4O2/c1-19-18(23)17-20-16(24-21-17)13-22-11-5-8-15(12-22)10-9-14-6-3-2-4-7-14/h2-4,6-7,15H,5,8-13H2,1H3,(H,19,23)/t15-/m0/s1. The van der Waals surface area contributed by atoms with Crippen LogP contribution in [-0.4, -0.2) is 41.1 Å². The third-order valence-electron chi connectivity index (χ3n) is 4.54. The number of likely N-dealkylation sites (tertiary alicyclic amines) is 1. The molecule has 0 radical (unpaired) electrons. The first kappa shape index (κ1) is 16.6. The molecule has 1 saturated heterocycles. The van der Waals surface area contributed by atoms with Crippen LogP contribution in [0.15, 0.2) is 34.9 Å². The average Bonchev–Trinajstić information content (AvgIpc) is 3.09. The topological polar surface area (TPSA) is 71.3 Å². The van der Waals surface area contributed by atoms with Crippen molar-refractivity contribution < 1.29 is 9.32 Å². The number of aryl methyl sites for hydroxylation is 1. The summed E-state index contributed by atoms with van der Waals surface area (Å²) in [5.74, 6) is 0.993. The lowest BCUT2D eigenvalue weighted by Crippen LogP contribution is -2.35. The zero-order valence-corrected chi connectivity index (χ0v) is 14.1.